The smallest absolute Gasteiger partial charge is 0.270 e. The monoisotopic (exact) mass is 404 g/mol. The number of carbonyl (C=O) groups excluding carboxylic acids is 1. The molecule has 0 spiro atoms. The maximum absolute atomic E-state index is 13.1. The number of amides is 1. The Labute approximate surface area is 174 Å². The molecule has 1 amide bonds. The van der Waals surface area contributed by atoms with Gasteiger partial charge in [-0.2, -0.15) is 5.10 Å². The Kier molecular flexibility index (Phi) is 4.84. The Balaban J connectivity index is 1.93. The summed E-state index contributed by atoms with van der Waals surface area (Å²) in [6, 6.07) is 20.9. The van der Waals surface area contributed by atoms with Gasteiger partial charge in [-0.1, -0.05) is 60.1 Å². The van der Waals surface area contributed by atoms with Crippen LogP contribution >= 0.6 is 11.6 Å². The van der Waals surface area contributed by atoms with E-state index < -0.39 is 0 Å². The highest BCUT2D eigenvalue weighted by Gasteiger charge is 2.21. The van der Waals surface area contributed by atoms with E-state index in [4.69, 9.17) is 16.6 Å². The second-order valence-corrected chi connectivity index (χ2v) is 8.28. The highest BCUT2D eigenvalue weighted by molar-refractivity contribution is 6.33. The molecule has 0 aliphatic carbocycles. The molecule has 0 bridgehead atoms. The molecule has 0 radical (unpaired) electrons. The van der Waals surface area contributed by atoms with Crippen LogP contribution in [0.5, 0.6) is 0 Å². The zero-order chi connectivity index (χ0) is 20.6. The molecule has 0 aliphatic rings. The summed E-state index contributed by atoms with van der Waals surface area (Å²) in [7, 11) is 0. The summed E-state index contributed by atoms with van der Waals surface area (Å²) >= 11 is 6.39. The summed E-state index contributed by atoms with van der Waals surface area (Å²) in [6.07, 6.45) is 0. The molecule has 0 fully saturated rings. The lowest BCUT2D eigenvalue weighted by atomic mass is 10.1. The van der Waals surface area contributed by atoms with Crippen LogP contribution in [0.4, 0.5) is 0 Å². The van der Waals surface area contributed by atoms with Gasteiger partial charge in [0.15, 0.2) is 5.65 Å². The Bertz CT molecular complexity index is 1190. The first-order valence-electron chi connectivity index (χ1n) is 9.35. The molecule has 0 unspecified atom stereocenters. The zero-order valence-corrected chi connectivity index (χ0v) is 17.2. The quantitative estimate of drug-likeness (QED) is 0.507. The minimum absolute atomic E-state index is 0.221. The van der Waals surface area contributed by atoms with Crippen molar-refractivity contribution >= 4 is 23.2 Å². The van der Waals surface area contributed by atoms with Gasteiger partial charge in [0.1, 0.15) is 5.69 Å². The lowest BCUT2D eigenvalue weighted by molar-refractivity contribution is 0.0912. The molecule has 1 N–H and O–H groups in total. The molecule has 4 rings (SSSR count). The van der Waals surface area contributed by atoms with Crippen molar-refractivity contribution in [2.24, 2.45) is 0 Å². The first kappa shape index (κ1) is 19.2. The molecule has 0 saturated heterocycles. The van der Waals surface area contributed by atoms with E-state index in [0.29, 0.717) is 22.1 Å². The number of benzene rings is 2. The summed E-state index contributed by atoms with van der Waals surface area (Å²) in [4.78, 5) is 17.8. The van der Waals surface area contributed by atoms with Crippen LogP contribution in [0.1, 0.15) is 31.3 Å². The van der Waals surface area contributed by atoms with Crippen LogP contribution in [0.2, 0.25) is 5.02 Å². The van der Waals surface area contributed by atoms with E-state index in [-0.39, 0.29) is 11.4 Å². The number of hydrogen-bond donors (Lipinski definition) is 1. The average Bonchev–Trinajstić information content (AvgIpc) is 3.11. The third kappa shape index (κ3) is 4.00. The van der Waals surface area contributed by atoms with Crippen LogP contribution in [0.3, 0.4) is 0 Å². The Morgan fingerprint density at radius 2 is 1.66 bits per heavy atom. The molecule has 0 saturated carbocycles. The van der Waals surface area contributed by atoms with Crippen LogP contribution in [-0.4, -0.2) is 26.0 Å². The topological polar surface area (TPSA) is 59.3 Å². The molecule has 146 valence electrons. The van der Waals surface area contributed by atoms with Gasteiger partial charge in [-0.25, -0.2) is 9.50 Å². The van der Waals surface area contributed by atoms with Crippen molar-refractivity contribution in [1.82, 2.24) is 19.9 Å². The van der Waals surface area contributed by atoms with Crippen LogP contribution in [0, 0.1) is 0 Å². The molecule has 5 nitrogen and oxygen atoms in total. The lowest BCUT2D eigenvalue weighted by Crippen LogP contribution is -2.41. The molecular formula is C23H21ClN4O. The summed E-state index contributed by atoms with van der Waals surface area (Å²) in [5.74, 6) is -0.221. The SMILES string of the molecule is CC(C)(C)NC(=O)c1cc(-c2ccccc2Cl)nc2cc(-c3ccccc3)nn12. The van der Waals surface area contributed by atoms with E-state index in [1.54, 1.807) is 10.6 Å². The summed E-state index contributed by atoms with van der Waals surface area (Å²) in [5.41, 5.74) is 3.71. The number of hydrogen-bond acceptors (Lipinski definition) is 3. The molecule has 2 heterocycles. The fourth-order valence-electron chi connectivity index (χ4n) is 3.10. The molecule has 0 aliphatic heterocycles. The second-order valence-electron chi connectivity index (χ2n) is 7.88. The van der Waals surface area contributed by atoms with Gasteiger partial charge in [0, 0.05) is 27.8 Å². The van der Waals surface area contributed by atoms with Crippen molar-refractivity contribution in [2.75, 3.05) is 0 Å². The van der Waals surface area contributed by atoms with Crippen molar-refractivity contribution in [3.63, 3.8) is 0 Å². The van der Waals surface area contributed by atoms with E-state index in [9.17, 15) is 4.79 Å². The predicted molar refractivity (Wildman–Crippen MR) is 116 cm³/mol. The summed E-state index contributed by atoms with van der Waals surface area (Å²) in [6.45, 7) is 5.82. The van der Waals surface area contributed by atoms with Gasteiger partial charge in [-0.05, 0) is 32.9 Å². The van der Waals surface area contributed by atoms with Gasteiger partial charge >= 0.3 is 0 Å². The molecule has 29 heavy (non-hydrogen) atoms. The van der Waals surface area contributed by atoms with E-state index in [0.717, 1.165) is 16.8 Å². The van der Waals surface area contributed by atoms with Crippen molar-refractivity contribution in [2.45, 2.75) is 26.3 Å². The number of aromatic nitrogens is 3. The number of nitrogens with zero attached hydrogens (tertiary/aromatic N) is 3. The van der Waals surface area contributed by atoms with Gasteiger partial charge in [0.05, 0.1) is 11.4 Å². The molecular weight excluding hydrogens is 384 g/mol. The fraction of sp³-hybridized carbons (Fsp3) is 0.174. The van der Waals surface area contributed by atoms with Crippen LogP contribution in [-0.2, 0) is 0 Å². The number of carbonyl (C=O) groups is 1. The van der Waals surface area contributed by atoms with Crippen molar-refractivity contribution in [3.8, 4) is 22.5 Å². The van der Waals surface area contributed by atoms with Gasteiger partial charge in [0.2, 0.25) is 0 Å². The Morgan fingerprint density at radius 1 is 0.966 bits per heavy atom. The zero-order valence-electron chi connectivity index (χ0n) is 16.5. The maximum atomic E-state index is 13.1. The van der Waals surface area contributed by atoms with E-state index in [2.05, 4.69) is 10.4 Å². The molecule has 2 aromatic carbocycles. The third-order valence-corrected chi connectivity index (χ3v) is 4.70. The number of rotatable bonds is 3. The number of fused-ring (bicyclic) bond motifs is 1. The van der Waals surface area contributed by atoms with Crippen LogP contribution < -0.4 is 5.32 Å². The fourth-order valence-corrected chi connectivity index (χ4v) is 3.33. The summed E-state index contributed by atoms with van der Waals surface area (Å²) < 4.78 is 1.59. The molecule has 0 atom stereocenters. The highest BCUT2D eigenvalue weighted by atomic mass is 35.5. The highest BCUT2D eigenvalue weighted by Crippen LogP contribution is 2.28. The van der Waals surface area contributed by atoms with Gasteiger partial charge in [-0.15, -0.1) is 0 Å². The summed E-state index contributed by atoms with van der Waals surface area (Å²) in [5, 5.41) is 8.24. The van der Waals surface area contributed by atoms with Gasteiger partial charge < -0.3 is 5.32 Å². The largest absolute Gasteiger partial charge is 0.346 e. The molecule has 6 heteroatoms. The van der Waals surface area contributed by atoms with Gasteiger partial charge in [-0.3, -0.25) is 4.79 Å². The standard InChI is InChI=1S/C23H21ClN4O/c1-23(2,3)26-22(29)20-13-19(16-11-7-8-12-17(16)24)25-21-14-18(27-28(20)21)15-9-5-4-6-10-15/h4-14H,1-3H3,(H,26,29). The third-order valence-electron chi connectivity index (χ3n) is 4.37. The van der Waals surface area contributed by atoms with E-state index in [1.165, 1.54) is 0 Å². The maximum Gasteiger partial charge on any atom is 0.270 e. The minimum Gasteiger partial charge on any atom is -0.346 e. The van der Waals surface area contributed by atoms with E-state index in [1.807, 2.05) is 81.4 Å². The normalized spacial score (nSPS) is 11.6. The predicted octanol–water partition coefficient (Wildman–Crippen LogP) is 5.25. The minimum atomic E-state index is -0.382. The number of nitrogens with one attached hydrogen (secondary N) is 1. The Morgan fingerprint density at radius 3 is 2.34 bits per heavy atom. The van der Waals surface area contributed by atoms with Crippen molar-refractivity contribution < 1.29 is 4.79 Å². The lowest BCUT2D eigenvalue weighted by Gasteiger charge is -2.21. The van der Waals surface area contributed by atoms with E-state index >= 15 is 0 Å². The van der Waals surface area contributed by atoms with Crippen LogP contribution in [0.25, 0.3) is 28.2 Å². The number of halogens is 1. The Hall–Kier alpha value is -3.18. The first-order valence-corrected chi connectivity index (χ1v) is 9.73. The molecule has 4 aromatic rings. The average molecular weight is 405 g/mol. The first-order chi connectivity index (χ1) is 13.8. The van der Waals surface area contributed by atoms with Crippen molar-refractivity contribution in [1.29, 1.82) is 0 Å². The van der Waals surface area contributed by atoms with Crippen LogP contribution in [0.15, 0.2) is 66.7 Å². The second kappa shape index (κ2) is 7.33. The molecule has 2 aromatic heterocycles. The van der Waals surface area contributed by atoms with Gasteiger partial charge in [0.25, 0.3) is 5.91 Å². The van der Waals surface area contributed by atoms with Crippen molar-refractivity contribution in [3.05, 3.63) is 77.4 Å².